The van der Waals surface area contributed by atoms with Crippen LogP contribution in [0.2, 0.25) is 0 Å². The number of aromatic nitrogens is 4. The fourth-order valence-electron chi connectivity index (χ4n) is 3.00. The summed E-state index contributed by atoms with van der Waals surface area (Å²) in [5.41, 5.74) is 6.73. The van der Waals surface area contributed by atoms with Gasteiger partial charge in [-0.25, -0.2) is 9.78 Å². The molecule has 0 spiro atoms. The topological polar surface area (TPSA) is 122 Å². The summed E-state index contributed by atoms with van der Waals surface area (Å²) >= 11 is 1.43. The number of rotatable bonds is 5. The zero-order chi connectivity index (χ0) is 20.6. The van der Waals surface area contributed by atoms with Gasteiger partial charge >= 0.3 is 5.69 Å². The van der Waals surface area contributed by atoms with Crippen molar-refractivity contribution >= 4 is 22.9 Å². The van der Waals surface area contributed by atoms with Gasteiger partial charge in [0.05, 0.1) is 17.7 Å². The van der Waals surface area contributed by atoms with E-state index in [0.29, 0.717) is 22.9 Å². The number of nitrogens with one attached hydrogen (secondary N) is 1. The standard InChI is InChI=1S/C19H22N6O2S/c1-11(13-8-6-5-7-12(13)9-20)25-14-15(24(4)17(27)23-16(14)26)22-18(25)28-19(2,3)10-21/h5-8,11H,10,21H2,1-4H3,(H,23,26,27). The minimum Gasteiger partial charge on any atom is -0.329 e. The van der Waals surface area contributed by atoms with E-state index < -0.39 is 11.2 Å². The van der Waals surface area contributed by atoms with Gasteiger partial charge in [-0.2, -0.15) is 5.26 Å². The largest absolute Gasteiger partial charge is 0.329 e. The van der Waals surface area contributed by atoms with Crippen molar-refractivity contribution in [3.63, 3.8) is 0 Å². The Morgan fingerprint density at radius 3 is 2.68 bits per heavy atom. The molecule has 0 saturated carbocycles. The summed E-state index contributed by atoms with van der Waals surface area (Å²) in [5, 5.41) is 10.1. The van der Waals surface area contributed by atoms with Crippen LogP contribution in [0, 0.1) is 11.3 Å². The Hall–Kier alpha value is -2.83. The number of aromatic amines is 1. The molecule has 1 aromatic carbocycles. The van der Waals surface area contributed by atoms with E-state index in [1.807, 2.05) is 32.9 Å². The van der Waals surface area contributed by atoms with Gasteiger partial charge < -0.3 is 10.3 Å². The van der Waals surface area contributed by atoms with E-state index in [1.54, 1.807) is 23.7 Å². The molecule has 0 bridgehead atoms. The lowest BCUT2D eigenvalue weighted by molar-refractivity contribution is 0.592. The smallest absolute Gasteiger partial charge is 0.329 e. The van der Waals surface area contributed by atoms with Crippen LogP contribution in [-0.4, -0.2) is 30.4 Å². The third-order valence-electron chi connectivity index (χ3n) is 4.70. The lowest BCUT2D eigenvalue weighted by Gasteiger charge is -2.24. The maximum absolute atomic E-state index is 12.7. The predicted molar refractivity (Wildman–Crippen MR) is 110 cm³/mol. The molecule has 146 valence electrons. The Morgan fingerprint density at radius 1 is 1.36 bits per heavy atom. The molecule has 1 atom stereocenters. The molecule has 2 aromatic heterocycles. The van der Waals surface area contributed by atoms with Gasteiger partial charge in [-0.3, -0.25) is 14.3 Å². The summed E-state index contributed by atoms with van der Waals surface area (Å²) in [4.78, 5) is 31.7. The van der Waals surface area contributed by atoms with Gasteiger partial charge in [0.25, 0.3) is 5.56 Å². The Labute approximate surface area is 166 Å². The normalized spacial score (nSPS) is 12.9. The first-order valence-electron chi connectivity index (χ1n) is 8.79. The number of nitrogens with zero attached hydrogens (tertiary/aromatic N) is 4. The second-order valence-electron chi connectivity index (χ2n) is 7.20. The van der Waals surface area contributed by atoms with Crippen LogP contribution in [0.1, 0.15) is 37.9 Å². The van der Waals surface area contributed by atoms with Crippen LogP contribution in [0.25, 0.3) is 11.2 Å². The molecule has 0 aliphatic carbocycles. The maximum atomic E-state index is 12.7. The van der Waals surface area contributed by atoms with Gasteiger partial charge in [0.2, 0.25) is 0 Å². The highest BCUT2D eigenvalue weighted by Gasteiger charge is 2.27. The Kier molecular flexibility index (Phi) is 5.19. The first-order valence-corrected chi connectivity index (χ1v) is 9.61. The second kappa shape index (κ2) is 7.30. The molecular formula is C19H22N6O2S. The molecule has 2 heterocycles. The van der Waals surface area contributed by atoms with Crippen LogP contribution in [0.5, 0.6) is 0 Å². The summed E-state index contributed by atoms with van der Waals surface area (Å²) < 4.78 is 2.76. The number of hydrogen-bond donors (Lipinski definition) is 2. The van der Waals surface area contributed by atoms with Gasteiger partial charge in [0.1, 0.15) is 0 Å². The number of fused-ring (bicyclic) bond motifs is 1. The van der Waals surface area contributed by atoms with Crippen LogP contribution < -0.4 is 17.0 Å². The highest BCUT2D eigenvalue weighted by molar-refractivity contribution is 8.00. The zero-order valence-electron chi connectivity index (χ0n) is 16.2. The van der Waals surface area contributed by atoms with Gasteiger partial charge in [0, 0.05) is 18.3 Å². The monoisotopic (exact) mass is 398 g/mol. The van der Waals surface area contributed by atoms with Crippen LogP contribution in [-0.2, 0) is 7.05 Å². The molecule has 0 amide bonds. The van der Waals surface area contributed by atoms with Crippen molar-refractivity contribution in [2.75, 3.05) is 6.54 Å². The van der Waals surface area contributed by atoms with Crippen molar-refractivity contribution in [2.45, 2.75) is 36.7 Å². The Morgan fingerprint density at radius 2 is 2.04 bits per heavy atom. The number of nitriles is 1. The Bertz CT molecular complexity index is 1200. The summed E-state index contributed by atoms with van der Waals surface area (Å²) in [5.74, 6) is 0. The number of benzene rings is 1. The lowest BCUT2D eigenvalue weighted by Crippen LogP contribution is -2.30. The highest BCUT2D eigenvalue weighted by atomic mass is 32.2. The van der Waals surface area contributed by atoms with E-state index in [1.165, 1.54) is 16.3 Å². The molecule has 3 N–H and O–H groups in total. The molecular weight excluding hydrogens is 376 g/mol. The molecule has 8 nitrogen and oxygen atoms in total. The van der Waals surface area contributed by atoms with E-state index in [9.17, 15) is 14.9 Å². The van der Waals surface area contributed by atoms with Crippen molar-refractivity contribution in [1.82, 2.24) is 19.1 Å². The molecule has 0 fully saturated rings. The van der Waals surface area contributed by atoms with Crippen molar-refractivity contribution in [3.05, 3.63) is 56.2 Å². The molecule has 0 aliphatic heterocycles. The van der Waals surface area contributed by atoms with E-state index in [-0.39, 0.29) is 16.3 Å². The molecule has 0 radical (unpaired) electrons. The molecule has 3 aromatic rings. The fraction of sp³-hybridized carbons (Fsp3) is 0.368. The summed E-state index contributed by atoms with van der Waals surface area (Å²) in [6.45, 7) is 6.28. The maximum Gasteiger partial charge on any atom is 0.329 e. The molecule has 28 heavy (non-hydrogen) atoms. The van der Waals surface area contributed by atoms with Crippen molar-refractivity contribution in [3.8, 4) is 6.07 Å². The number of nitrogens with two attached hydrogens (primary N) is 1. The molecule has 9 heteroatoms. The first-order chi connectivity index (χ1) is 13.2. The molecule has 1 unspecified atom stereocenters. The summed E-state index contributed by atoms with van der Waals surface area (Å²) in [7, 11) is 1.56. The van der Waals surface area contributed by atoms with Crippen LogP contribution in [0.15, 0.2) is 39.0 Å². The lowest BCUT2D eigenvalue weighted by atomic mass is 10.0. The second-order valence-corrected chi connectivity index (χ2v) is 8.87. The Balaban J connectivity index is 2.36. The minimum absolute atomic E-state index is 0.290. The number of aryl methyl sites for hydroxylation is 1. The molecule has 3 rings (SSSR count). The van der Waals surface area contributed by atoms with E-state index in [4.69, 9.17) is 5.73 Å². The molecule has 0 saturated heterocycles. The number of H-pyrrole nitrogens is 1. The average Bonchev–Trinajstić information content (AvgIpc) is 3.04. The number of hydrogen-bond acceptors (Lipinski definition) is 6. The van der Waals surface area contributed by atoms with Crippen molar-refractivity contribution < 1.29 is 0 Å². The van der Waals surface area contributed by atoms with Crippen LogP contribution >= 0.6 is 11.8 Å². The fourth-order valence-corrected chi connectivity index (χ4v) is 4.06. The van der Waals surface area contributed by atoms with Crippen LogP contribution in [0.4, 0.5) is 0 Å². The van der Waals surface area contributed by atoms with Crippen molar-refractivity contribution in [2.24, 2.45) is 12.8 Å². The highest BCUT2D eigenvalue weighted by Crippen LogP contribution is 2.36. The van der Waals surface area contributed by atoms with Gasteiger partial charge in [-0.05, 0) is 32.4 Å². The van der Waals surface area contributed by atoms with E-state index in [2.05, 4.69) is 16.0 Å². The minimum atomic E-state index is -0.526. The van der Waals surface area contributed by atoms with Crippen molar-refractivity contribution in [1.29, 1.82) is 5.26 Å². The zero-order valence-corrected chi connectivity index (χ0v) is 17.0. The predicted octanol–water partition coefficient (Wildman–Crippen LogP) is 1.73. The van der Waals surface area contributed by atoms with Gasteiger partial charge in [-0.1, -0.05) is 30.0 Å². The third-order valence-corrected chi connectivity index (χ3v) is 5.89. The number of imidazole rings is 1. The van der Waals surface area contributed by atoms with Gasteiger partial charge in [0.15, 0.2) is 16.3 Å². The number of thioether (sulfide) groups is 1. The molecule has 0 aliphatic rings. The third kappa shape index (κ3) is 3.37. The first kappa shape index (κ1) is 19.9. The summed E-state index contributed by atoms with van der Waals surface area (Å²) in [6, 6.07) is 9.09. The van der Waals surface area contributed by atoms with E-state index in [0.717, 1.165) is 5.56 Å². The SMILES string of the molecule is CC(c1ccccc1C#N)n1c(SC(C)(C)CN)nc2c1c(=O)[nH]c(=O)n2C. The van der Waals surface area contributed by atoms with Crippen LogP contribution in [0.3, 0.4) is 0 Å². The quantitative estimate of drug-likeness (QED) is 0.631. The van der Waals surface area contributed by atoms with E-state index >= 15 is 0 Å². The van der Waals surface area contributed by atoms with Gasteiger partial charge in [-0.15, -0.1) is 0 Å². The summed E-state index contributed by atoms with van der Waals surface area (Å²) in [6.07, 6.45) is 0. The average molecular weight is 398 g/mol.